The third-order valence-corrected chi connectivity index (χ3v) is 1.82. The van der Waals surface area contributed by atoms with Gasteiger partial charge in [-0.1, -0.05) is 0 Å². The van der Waals surface area contributed by atoms with Gasteiger partial charge in [-0.2, -0.15) is 0 Å². The molecule has 0 spiro atoms. The Hall–Kier alpha value is -1.46. The molecule has 0 aliphatic rings. The third kappa shape index (κ3) is 3.65. The van der Waals surface area contributed by atoms with Crippen LogP contribution >= 0.6 is 0 Å². The predicted octanol–water partition coefficient (Wildman–Crippen LogP) is 0.682. The van der Waals surface area contributed by atoms with Crippen molar-refractivity contribution in [1.29, 1.82) is 0 Å². The molecule has 82 valence electrons. The molecule has 1 aromatic rings. The molecule has 3 N–H and O–H groups in total. The van der Waals surface area contributed by atoms with Crippen molar-refractivity contribution in [3.8, 4) is 0 Å². The van der Waals surface area contributed by atoms with Gasteiger partial charge in [-0.05, 0) is 24.3 Å². The monoisotopic (exact) mass is 211 g/mol. The molecule has 0 heterocycles. The van der Waals surface area contributed by atoms with E-state index >= 15 is 0 Å². The maximum atomic E-state index is 12.6. The van der Waals surface area contributed by atoms with E-state index in [0.29, 0.717) is 19.0 Å². The molecule has 0 fully saturated rings. The Labute approximate surface area is 87.9 Å². The number of hydrogen-bond donors (Lipinski definition) is 2. The first kappa shape index (κ1) is 11.6. The molecular formula is C10H14FN3O. The van der Waals surface area contributed by atoms with E-state index in [4.69, 9.17) is 10.6 Å². The number of rotatable bonds is 4. The molecule has 0 saturated carbocycles. The Morgan fingerprint density at radius 1 is 1.47 bits per heavy atom. The van der Waals surface area contributed by atoms with Crippen molar-refractivity contribution < 1.29 is 9.13 Å². The second kappa shape index (κ2) is 6.10. The zero-order valence-electron chi connectivity index (χ0n) is 8.53. The maximum absolute atomic E-state index is 12.6. The van der Waals surface area contributed by atoms with E-state index < -0.39 is 0 Å². The van der Waals surface area contributed by atoms with Gasteiger partial charge >= 0.3 is 0 Å². The van der Waals surface area contributed by atoms with E-state index in [2.05, 4.69) is 10.4 Å². The van der Waals surface area contributed by atoms with Crippen LogP contribution in [0.1, 0.15) is 5.56 Å². The molecule has 1 aromatic carbocycles. The van der Waals surface area contributed by atoms with Gasteiger partial charge in [-0.25, -0.2) is 10.2 Å². The van der Waals surface area contributed by atoms with Crippen molar-refractivity contribution in [2.75, 3.05) is 20.3 Å². The van der Waals surface area contributed by atoms with Gasteiger partial charge in [-0.15, -0.1) is 0 Å². The lowest BCUT2D eigenvalue weighted by Crippen LogP contribution is -2.31. The molecule has 15 heavy (non-hydrogen) atoms. The molecule has 5 heteroatoms. The van der Waals surface area contributed by atoms with Gasteiger partial charge in [0.25, 0.3) is 0 Å². The lowest BCUT2D eigenvalue weighted by Gasteiger charge is -2.05. The molecule has 0 saturated heterocycles. The zero-order chi connectivity index (χ0) is 11.1. The van der Waals surface area contributed by atoms with Crippen LogP contribution in [0, 0.1) is 5.82 Å². The van der Waals surface area contributed by atoms with Crippen LogP contribution in [0.25, 0.3) is 0 Å². The number of ether oxygens (including phenoxy) is 1. The summed E-state index contributed by atoms with van der Waals surface area (Å²) in [7, 11) is 1.60. The van der Waals surface area contributed by atoms with E-state index in [0.717, 1.165) is 5.56 Å². The number of halogens is 1. The molecule has 0 amide bonds. The first-order valence-corrected chi connectivity index (χ1v) is 4.54. The molecular weight excluding hydrogens is 197 g/mol. The number of methoxy groups -OCH3 is 1. The van der Waals surface area contributed by atoms with Crippen LogP contribution in [-0.4, -0.2) is 26.1 Å². The molecule has 0 aliphatic heterocycles. The van der Waals surface area contributed by atoms with Crippen LogP contribution in [-0.2, 0) is 4.74 Å². The van der Waals surface area contributed by atoms with Crippen LogP contribution in [0.15, 0.2) is 29.3 Å². The molecule has 0 radical (unpaired) electrons. The van der Waals surface area contributed by atoms with E-state index in [-0.39, 0.29) is 5.82 Å². The van der Waals surface area contributed by atoms with Gasteiger partial charge in [0.15, 0.2) is 0 Å². The van der Waals surface area contributed by atoms with Crippen molar-refractivity contribution in [3.05, 3.63) is 35.6 Å². The lowest BCUT2D eigenvalue weighted by molar-refractivity contribution is 0.208. The van der Waals surface area contributed by atoms with Crippen molar-refractivity contribution in [2.45, 2.75) is 0 Å². The highest BCUT2D eigenvalue weighted by Gasteiger charge is 2.00. The number of aliphatic imine (C=N–C) groups is 1. The van der Waals surface area contributed by atoms with E-state index in [1.807, 2.05) is 0 Å². The summed E-state index contributed by atoms with van der Waals surface area (Å²) < 4.78 is 17.5. The van der Waals surface area contributed by atoms with E-state index in [1.54, 1.807) is 19.2 Å². The normalized spacial score (nSPS) is 11.5. The minimum atomic E-state index is -0.285. The molecule has 0 unspecified atom stereocenters. The fourth-order valence-corrected chi connectivity index (χ4v) is 1.08. The highest BCUT2D eigenvalue weighted by molar-refractivity contribution is 5.98. The number of benzene rings is 1. The molecule has 0 aromatic heterocycles. The number of amidine groups is 1. The first-order valence-electron chi connectivity index (χ1n) is 4.54. The topological polar surface area (TPSA) is 59.6 Å². The minimum Gasteiger partial charge on any atom is -0.383 e. The maximum Gasteiger partial charge on any atom is 0.142 e. The van der Waals surface area contributed by atoms with Crippen LogP contribution in [0.2, 0.25) is 0 Å². The smallest absolute Gasteiger partial charge is 0.142 e. The Morgan fingerprint density at radius 2 is 2.13 bits per heavy atom. The van der Waals surface area contributed by atoms with Crippen molar-refractivity contribution in [3.63, 3.8) is 0 Å². The SMILES string of the molecule is COCCN=C(NN)c1ccc(F)cc1. The van der Waals surface area contributed by atoms with Crippen LogP contribution < -0.4 is 11.3 Å². The van der Waals surface area contributed by atoms with Crippen LogP contribution in [0.3, 0.4) is 0 Å². The number of nitrogens with zero attached hydrogens (tertiary/aromatic N) is 1. The zero-order valence-corrected chi connectivity index (χ0v) is 8.53. The predicted molar refractivity (Wildman–Crippen MR) is 57.0 cm³/mol. The fraction of sp³-hybridized carbons (Fsp3) is 0.300. The Balaban J connectivity index is 2.73. The minimum absolute atomic E-state index is 0.285. The van der Waals surface area contributed by atoms with Gasteiger partial charge in [0, 0.05) is 12.7 Å². The van der Waals surface area contributed by atoms with Crippen molar-refractivity contribution >= 4 is 5.84 Å². The van der Waals surface area contributed by atoms with Crippen molar-refractivity contribution in [2.24, 2.45) is 10.8 Å². The molecule has 0 aliphatic carbocycles. The second-order valence-corrected chi connectivity index (χ2v) is 2.87. The summed E-state index contributed by atoms with van der Waals surface area (Å²) in [5.41, 5.74) is 3.21. The Bertz CT molecular complexity index is 324. The number of hydrogen-bond acceptors (Lipinski definition) is 3. The molecule has 0 bridgehead atoms. The summed E-state index contributed by atoms with van der Waals surface area (Å²) >= 11 is 0. The van der Waals surface area contributed by atoms with Gasteiger partial charge in [0.2, 0.25) is 0 Å². The average molecular weight is 211 g/mol. The lowest BCUT2D eigenvalue weighted by atomic mass is 10.2. The highest BCUT2D eigenvalue weighted by atomic mass is 19.1. The standard InChI is InChI=1S/C10H14FN3O/c1-15-7-6-13-10(14-12)8-2-4-9(11)5-3-8/h2-5H,6-7,12H2,1H3,(H,13,14). The summed E-state index contributed by atoms with van der Waals surface area (Å²) in [6.45, 7) is 1.03. The fourth-order valence-electron chi connectivity index (χ4n) is 1.08. The highest BCUT2D eigenvalue weighted by Crippen LogP contribution is 2.02. The Kier molecular flexibility index (Phi) is 4.73. The molecule has 1 rings (SSSR count). The Morgan fingerprint density at radius 3 is 2.67 bits per heavy atom. The van der Waals surface area contributed by atoms with Gasteiger partial charge in [0.05, 0.1) is 13.2 Å². The van der Waals surface area contributed by atoms with Gasteiger partial charge < -0.3 is 10.2 Å². The summed E-state index contributed by atoms with van der Waals surface area (Å²) in [6, 6.07) is 5.94. The van der Waals surface area contributed by atoms with E-state index in [1.165, 1.54) is 12.1 Å². The summed E-state index contributed by atoms with van der Waals surface area (Å²) in [5.74, 6) is 5.54. The quantitative estimate of drug-likeness (QED) is 0.253. The van der Waals surface area contributed by atoms with Crippen molar-refractivity contribution in [1.82, 2.24) is 5.43 Å². The van der Waals surface area contributed by atoms with E-state index in [9.17, 15) is 4.39 Å². The average Bonchev–Trinajstić information content (AvgIpc) is 2.26. The van der Waals surface area contributed by atoms with Crippen LogP contribution in [0.4, 0.5) is 4.39 Å². The second-order valence-electron chi connectivity index (χ2n) is 2.87. The number of nitrogens with two attached hydrogens (primary N) is 1. The third-order valence-electron chi connectivity index (χ3n) is 1.82. The molecule has 0 atom stereocenters. The summed E-state index contributed by atoms with van der Waals surface area (Å²) in [5, 5.41) is 0. The summed E-state index contributed by atoms with van der Waals surface area (Å²) in [4.78, 5) is 4.16. The largest absolute Gasteiger partial charge is 0.383 e. The van der Waals surface area contributed by atoms with Gasteiger partial charge in [-0.3, -0.25) is 4.99 Å². The number of nitrogens with one attached hydrogen (secondary N) is 1. The molecule has 4 nitrogen and oxygen atoms in total. The first-order chi connectivity index (χ1) is 7.27. The van der Waals surface area contributed by atoms with Crippen LogP contribution in [0.5, 0.6) is 0 Å². The van der Waals surface area contributed by atoms with Gasteiger partial charge in [0.1, 0.15) is 11.7 Å². The summed E-state index contributed by atoms with van der Waals surface area (Å²) in [6.07, 6.45) is 0. The number of hydrazine groups is 1.